The highest BCUT2D eigenvalue weighted by molar-refractivity contribution is 7.96. The van der Waals surface area contributed by atoms with E-state index in [1.54, 1.807) is 24.2 Å². The zero-order valence-electron chi connectivity index (χ0n) is 17.2. The van der Waals surface area contributed by atoms with Crippen molar-refractivity contribution in [2.75, 3.05) is 50.4 Å². The molecule has 1 aromatic carbocycles. The number of hydrogen-bond donors (Lipinski definition) is 0. The Balaban J connectivity index is 1.68. The molecule has 4 rings (SSSR count). The first-order chi connectivity index (χ1) is 14.6. The van der Waals surface area contributed by atoms with Gasteiger partial charge in [0.2, 0.25) is 0 Å². The maximum absolute atomic E-state index is 14.1. The molecule has 2 fully saturated rings. The Morgan fingerprint density at radius 1 is 1.23 bits per heavy atom. The average molecular weight is 428 g/mol. The number of amides is 1. The van der Waals surface area contributed by atoms with Crippen molar-refractivity contribution in [3.63, 3.8) is 0 Å². The van der Waals surface area contributed by atoms with E-state index in [1.165, 1.54) is 12.1 Å². The van der Waals surface area contributed by atoms with E-state index in [0.717, 1.165) is 44.7 Å². The van der Waals surface area contributed by atoms with Crippen LogP contribution in [0.1, 0.15) is 29.6 Å². The molecule has 2 saturated heterocycles. The fraction of sp³-hybridized carbons (Fsp3) is 0.500. The van der Waals surface area contributed by atoms with Gasteiger partial charge in [-0.1, -0.05) is 11.9 Å². The van der Waals surface area contributed by atoms with Crippen LogP contribution in [0.3, 0.4) is 0 Å². The Hall–Kier alpha value is -2.37. The van der Waals surface area contributed by atoms with Gasteiger partial charge < -0.3 is 9.80 Å². The maximum atomic E-state index is 14.1. The Bertz CT molecular complexity index is 962. The summed E-state index contributed by atoms with van der Waals surface area (Å²) in [6, 6.07) is 6.83. The summed E-state index contributed by atoms with van der Waals surface area (Å²) in [6.45, 7) is 4.51. The van der Waals surface area contributed by atoms with E-state index < -0.39 is 0 Å². The minimum atomic E-state index is -0.330. The third kappa shape index (κ3) is 4.23. The van der Waals surface area contributed by atoms with E-state index in [4.69, 9.17) is 5.26 Å². The van der Waals surface area contributed by atoms with Gasteiger partial charge in [0.05, 0.1) is 22.8 Å². The van der Waals surface area contributed by atoms with Gasteiger partial charge in [-0.05, 0) is 43.2 Å². The summed E-state index contributed by atoms with van der Waals surface area (Å²) in [4.78, 5) is 22.0. The molecule has 6 nitrogen and oxygen atoms in total. The summed E-state index contributed by atoms with van der Waals surface area (Å²) in [7, 11) is 0. The van der Waals surface area contributed by atoms with E-state index in [-0.39, 0.29) is 11.7 Å². The minimum Gasteiger partial charge on any atom is -0.370 e. The van der Waals surface area contributed by atoms with Gasteiger partial charge in [0.25, 0.3) is 5.91 Å². The summed E-state index contributed by atoms with van der Waals surface area (Å²) in [5.41, 5.74) is 2.02. The van der Waals surface area contributed by atoms with E-state index in [0.29, 0.717) is 41.9 Å². The van der Waals surface area contributed by atoms with Gasteiger partial charge in [0, 0.05) is 57.3 Å². The van der Waals surface area contributed by atoms with Crippen LogP contribution < -0.4 is 4.90 Å². The van der Waals surface area contributed by atoms with Crippen LogP contribution in [-0.4, -0.2) is 65.6 Å². The topological polar surface area (TPSA) is 63.5 Å². The van der Waals surface area contributed by atoms with Gasteiger partial charge in [0.15, 0.2) is 0 Å². The van der Waals surface area contributed by atoms with Gasteiger partial charge >= 0.3 is 0 Å². The number of nitrogens with zero attached hydrogens (tertiary/aromatic N) is 5. The zero-order valence-corrected chi connectivity index (χ0v) is 18.0. The fourth-order valence-corrected chi connectivity index (χ4v) is 4.91. The second-order valence-corrected chi connectivity index (χ2v) is 8.76. The number of rotatable bonds is 4. The van der Waals surface area contributed by atoms with Crippen LogP contribution >= 0.6 is 11.9 Å². The molecule has 0 atom stereocenters. The molecular formula is C22H26FN5OS. The number of halogens is 1. The van der Waals surface area contributed by atoms with Crippen LogP contribution in [0.4, 0.5) is 10.1 Å². The van der Waals surface area contributed by atoms with E-state index >= 15 is 0 Å². The monoisotopic (exact) mass is 427 g/mol. The molecule has 158 valence electrons. The van der Waals surface area contributed by atoms with Crippen LogP contribution in [-0.2, 0) is 0 Å². The molecule has 1 amide bonds. The van der Waals surface area contributed by atoms with Crippen LogP contribution in [0, 0.1) is 23.1 Å². The molecule has 0 radical (unpaired) electrons. The number of hydrogen-bond acceptors (Lipinski definition) is 6. The summed E-state index contributed by atoms with van der Waals surface area (Å²) >= 11 is 1.70. The SMILES string of the molecule is CSN1CCN(C(=O)c2cnc3ccc(F)cc3c2N2CCC(CC#N)CC2)CC1. The van der Waals surface area contributed by atoms with Gasteiger partial charge in [-0.3, -0.25) is 9.78 Å². The number of fused-ring (bicyclic) bond motifs is 1. The normalized spacial score (nSPS) is 18.6. The second-order valence-electron chi connectivity index (χ2n) is 7.88. The first kappa shape index (κ1) is 20.9. The van der Waals surface area contributed by atoms with Gasteiger partial charge in [-0.25, -0.2) is 8.70 Å². The molecule has 0 saturated carbocycles. The predicted octanol–water partition coefficient (Wildman–Crippen LogP) is 3.54. The number of carbonyl (C=O) groups excluding carboxylic acids is 1. The number of nitriles is 1. The quantitative estimate of drug-likeness (QED) is 0.696. The molecule has 30 heavy (non-hydrogen) atoms. The highest BCUT2D eigenvalue weighted by atomic mass is 32.2. The second kappa shape index (κ2) is 9.19. The predicted molar refractivity (Wildman–Crippen MR) is 118 cm³/mol. The van der Waals surface area contributed by atoms with E-state index in [9.17, 15) is 9.18 Å². The lowest BCUT2D eigenvalue weighted by molar-refractivity contribution is 0.0704. The summed E-state index contributed by atoms with van der Waals surface area (Å²) in [6.07, 6.45) is 6.05. The third-order valence-electron chi connectivity index (χ3n) is 6.13. The van der Waals surface area contributed by atoms with Crippen molar-refractivity contribution < 1.29 is 9.18 Å². The molecule has 0 aliphatic carbocycles. The number of carbonyl (C=O) groups is 1. The molecule has 2 aromatic rings. The molecule has 0 spiro atoms. The number of pyridine rings is 1. The first-order valence-corrected chi connectivity index (χ1v) is 11.6. The molecular weight excluding hydrogens is 401 g/mol. The lowest BCUT2D eigenvalue weighted by Crippen LogP contribution is -2.46. The van der Waals surface area contributed by atoms with Crippen LogP contribution in [0.2, 0.25) is 0 Å². The smallest absolute Gasteiger partial charge is 0.257 e. The number of piperazine rings is 1. The van der Waals surface area contributed by atoms with Crippen molar-refractivity contribution in [1.82, 2.24) is 14.2 Å². The summed E-state index contributed by atoms with van der Waals surface area (Å²) < 4.78 is 16.4. The minimum absolute atomic E-state index is 0.0384. The van der Waals surface area contributed by atoms with Crippen LogP contribution in [0.15, 0.2) is 24.4 Å². The molecule has 1 aromatic heterocycles. The van der Waals surface area contributed by atoms with Crippen molar-refractivity contribution >= 4 is 34.4 Å². The van der Waals surface area contributed by atoms with Crippen LogP contribution in [0.5, 0.6) is 0 Å². The average Bonchev–Trinajstić information content (AvgIpc) is 2.78. The fourth-order valence-electron chi connectivity index (χ4n) is 4.38. The maximum Gasteiger partial charge on any atom is 0.257 e. The standard InChI is InChI=1S/C22H26FN5OS/c1-30-28-12-10-27(11-13-28)22(29)19-15-25-20-3-2-17(23)14-18(20)21(19)26-8-5-16(4-7-24)6-9-26/h2-3,14-16H,4-6,8-13H2,1H3. The zero-order chi connectivity index (χ0) is 21.1. The first-order valence-electron chi connectivity index (χ1n) is 10.4. The molecule has 3 heterocycles. The molecule has 0 bridgehead atoms. The Morgan fingerprint density at radius 3 is 2.63 bits per heavy atom. The molecule has 0 unspecified atom stereocenters. The highest BCUT2D eigenvalue weighted by Crippen LogP contribution is 2.34. The molecule has 8 heteroatoms. The van der Waals surface area contributed by atoms with Crippen LogP contribution in [0.25, 0.3) is 10.9 Å². The Labute approximate surface area is 180 Å². The summed E-state index contributed by atoms with van der Waals surface area (Å²) in [5, 5.41) is 9.69. The number of benzene rings is 1. The van der Waals surface area contributed by atoms with Gasteiger partial charge in [-0.15, -0.1) is 0 Å². The van der Waals surface area contributed by atoms with Crippen molar-refractivity contribution in [2.45, 2.75) is 19.3 Å². The summed E-state index contributed by atoms with van der Waals surface area (Å²) in [5.74, 6) is 0.0153. The number of anilines is 1. The highest BCUT2D eigenvalue weighted by Gasteiger charge is 2.29. The van der Waals surface area contributed by atoms with Gasteiger partial charge in [0.1, 0.15) is 5.82 Å². The third-order valence-corrected chi connectivity index (χ3v) is 7.01. The molecule has 2 aliphatic rings. The Morgan fingerprint density at radius 2 is 1.97 bits per heavy atom. The van der Waals surface area contributed by atoms with Crippen molar-refractivity contribution in [3.05, 3.63) is 35.8 Å². The molecule has 0 N–H and O–H groups in total. The van der Waals surface area contributed by atoms with Crippen molar-refractivity contribution in [1.29, 1.82) is 5.26 Å². The lowest BCUT2D eigenvalue weighted by atomic mass is 9.93. The molecule has 2 aliphatic heterocycles. The van der Waals surface area contributed by atoms with E-state index in [1.807, 2.05) is 11.2 Å². The Kier molecular flexibility index (Phi) is 6.40. The van der Waals surface area contributed by atoms with E-state index in [2.05, 4.69) is 20.3 Å². The lowest BCUT2D eigenvalue weighted by Gasteiger charge is -2.36. The largest absolute Gasteiger partial charge is 0.370 e. The van der Waals surface area contributed by atoms with Crippen molar-refractivity contribution in [2.24, 2.45) is 5.92 Å². The van der Waals surface area contributed by atoms with Gasteiger partial charge in [-0.2, -0.15) is 5.26 Å². The number of aromatic nitrogens is 1. The van der Waals surface area contributed by atoms with Crippen molar-refractivity contribution in [3.8, 4) is 6.07 Å². The number of piperidine rings is 1.